The molecule has 0 amide bonds. The van der Waals surface area contributed by atoms with Crippen molar-refractivity contribution in [3.8, 4) is 0 Å². The molecule has 3 nitrogen and oxygen atoms in total. The number of ketones is 1. The molecule has 1 atom stereocenters. The first-order chi connectivity index (χ1) is 8.25. The Morgan fingerprint density at radius 2 is 2.29 bits per heavy atom. The van der Waals surface area contributed by atoms with E-state index in [1.54, 1.807) is 0 Å². The summed E-state index contributed by atoms with van der Waals surface area (Å²) in [6, 6.07) is 5.57. The van der Waals surface area contributed by atoms with Gasteiger partial charge in [-0.15, -0.1) is 0 Å². The Kier molecular flexibility index (Phi) is 2.65. The summed E-state index contributed by atoms with van der Waals surface area (Å²) in [7, 11) is 0. The zero-order valence-corrected chi connectivity index (χ0v) is 10.1. The van der Waals surface area contributed by atoms with E-state index in [0.29, 0.717) is 10.6 Å². The summed E-state index contributed by atoms with van der Waals surface area (Å²) in [5.41, 5.74) is 1.57. The summed E-state index contributed by atoms with van der Waals surface area (Å²) in [5.74, 6) is 0.101. The number of fused-ring (bicyclic) bond motifs is 1. The Balaban J connectivity index is 2.03. The van der Waals surface area contributed by atoms with Crippen LogP contribution in [0.4, 0.5) is 0 Å². The van der Waals surface area contributed by atoms with E-state index < -0.39 is 0 Å². The van der Waals surface area contributed by atoms with E-state index in [2.05, 4.69) is 10.3 Å². The summed E-state index contributed by atoms with van der Waals surface area (Å²) in [6.45, 7) is 0.915. The Labute approximate surface area is 104 Å². The molecule has 1 aliphatic heterocycles. The highest BCUT2D eigenvalue weighted by Crippen LogP contribution is 2.25. The summed E-state index contributed by atoms with van der Waals surface area (Å²) < 4.78 is 0. The summed E-state index contributed by atoms with van der Waals surface area (Å²) in [6.07, 6.45) is 3.81. The number of carbonyl (C=O) groups excluding carboxylic acids is 1. The van der Waals surface area contributed by atoms with Crippen LogP contribution in [0.2, 0.25) is 5.02 Å². The lowest BCUT2D eigenvalue weighted by atomic mass is 10.0. The van der Waals surface area contributed by atoms with E-state index >= 15 is 0 Å². The molecule has 2 N–H and O–H groups in total. The Bertz CT molecular complexity index is 570. The zero-order valence-electron chi connectivity index (χ0n) is 9.29. The van der Waals surface area contributed by atoms with Crippen LogP contribution in [0.5, 0.6) is 0 Å². The van der Waals surface area contributed by atoms with Crippen LogP contribution < -0.4 is 5.32 Å². The molecule has 1 unspecified atom stereocenters. The lowest BCUT2D eigenvalue weighted by molar-refractivity contribution is 0.0952. The van der Waals surface area contributed by atoms with E-state index in [4.69, 9.17) is 11.6 Å². The second-order valence-electron chi connectivity index (χ2n) is 4.41. The van der Waals surface area contributed by atoms with Gasteiger partial charge in [0, 0.05) is 22.7 Å². The molecule has 88 valence electrons. The maximum atomic E-state index is 12.3. The second kappa shape index (κ2) is 4.17. The van der Waals surface area contributed by atoms with Crippen molar-refractivity contribution in [2.24, 2.45) is 0 Å². The quantitative estimate of drug-likeness (QED) is 0.803. The third kappa shape index (κ3) is 1.85. The fourth-order valence-corrected chi connectivity index (χ4v) is 2.62. The molecule has 17 heavy (non-hydrogen) atoms. The van der Waals surface area contributed by atoms with E-state index in [9.17, 15) is 4.79 Å². The van der Waals surface area contributed by atoms with Crippen LogP contribution in [-0.2, 0) is 0 Å². The van der Waals surface area contributed by atoms with E-state index in [0.717, 1.165) is 30.3 Å². The van der Waals surface area contributed by atoms with Crippen molar-refractivity contribution < 1.29 is 4.79 Å². The normalized spacial score (nSPS) is 19.9. The van der Waals surface area contributed by atoms with Crippen molar-refractivity contribution in [2.75, 3.05) is 6.54 Å². The van der Waals surface area contributed by atoms with Crippen molar-refractivity contribution in [3.63, 3.8) is 0 Å². The highest BCUT2D eigenvalue weighted by Gasteiger charge is 2.25. The topological polar surface area (TPSA) is 44.9 Å². The van der Waals surface area contributed by atoms with Gasteiger partial charge in [-0.25, -0.2) is 0 Å². The maximum absolute atomic E-state index is 12.3. The van der Waals surface area contributed by atoms with Gasteiger partial charge >= 0.3 is 0 Å². The number of H-pyrrole nitrogens is 1. The van der Waals surface area contributed by atoms with Gasteiger partial charge in [0.15, 0.2) is 5.78 Å². The van der Waals surface area contributed by atoms with Crippen LogP contribution in [0.1, 0.15) is 23.2 Å². The lowest BCUT2D eigenvalue weighted by Gasteiger charge is -2.10. The highest BCUT2D eigenvalue weighted by atomic mass is 35.5. The van der Waals surface area contributed by atoms with Crippen molar-refractivity contribution in [1.82, 2.24) is 10.3 Å². The Morgan fingerprint density at radius 3 is 3.06 bits per heavy atom. The van der Waals surface area contributed by atoms with Crippen molar-refractivity contribution >= 4 is 28.3 Å². The molecule has 1 fully saturated rings. The van der Waals surface area contributed by atoms with Crippen LogP contribution in [-0.4, -0.2) is 23.4 Å². The number of hydrogen-bond donors (Lipinski definition) is 2. The molecular weight excluding hydrogens is 236 g/mol. The molecule has 0 aliphatic carbocycles. The predicted octanol–water partition coefficient (Wildman–Crippen LogP) is 2.76. The number of nitrogens with one attached hydrogen (secondary N) is 2. The van der Waals surface area contributed by atoms with Gasteiger partial charge in [0.25, 0.3) is 0 Å². The Morgan fingerprint density at radius 1 is 1.41 bits per heavy atom. The molecule has 0 spiro atoms. The molecule has 0 radical (unpaired) electrons. The molecule has 2 aromatic rings. The molecule has 2 heterocycles. The van der Waals surface area contributed by atoms with Crippen molar-refractivity contribution in [3.05, 3.63) is 35.0 Å². The monoisotopic (exact) mass is 248 g/mol. The number of carbonyl (C=O) groups is 1. The molecule has 1 aromatic heterocycles. The molecule has 4 heteroatoms. The second-order valence-corrected chi connectivity index (χ2v) is 4.82. The molecule has 1 aliphatic rings. The zero-order chi connectivity index (χ0) is 11.8. The standard InChI is InChI=1S/C13H13ClN2O/c14-10-6-8-3-5-16-12(8)7-9(10)13(17)11-2-1-4-15-11/h3,5-7,11,15-16H,1-2,4H2. The molecule has 1 saturated heterocycles. The number of aromatic nitrogens is 1. The van der Waals surface area contributed by atoms with E-state index in [-0.39, 0.29) is 11.8 Å². The third-order valence-corrected chi connectivity index (χ3v) is 3.60. The summed E-state index contributed by atoms with van der Waals surface area (Å²) in [4.78, 5) is 15.4. The van der Waals surface area contributed by atoms with Crippen molar-refractivity contribution in [2.45, 2.75) is 18.9 Å². The number of hydrogen-bond acceptors (Lipinski definition) is 2. The van der Waals surface area contributed by atoms with Crippen LogP contribution in [0, 0.1) is 0 Å². The maximum Gasteiger partial charge on any atom is 0.181 e. The number of benzene rings is 1. The third-order valence-electron chi connectivity index (χ3n) is 3.28. The van der Waals surface area contributed by atoms with Gasteiger partial charge in [-0.05, 0) is 37.6 Å². The molecule has 1 aromatic carbocycles. The van der Waals surface area contributed by atoms with Gasteiger partial charge in [0.2, 0.25) is 0 Å². The first-order valence-corrected chi connectivity index (χ1v) is 6.18. The minimum absolute atomic E-state index is 0.0695. The lowest BCUT2D eigenvalue weighted by Crippen LogP contribution is -2.30. The van der Waals surface area contributed by atoms with Gasteiger partial charge < -0.3 is 10.3 Å². The van der Waals surface area contributed by atoms with E-state index in [1.807, 2.05) is 24.4 Å². The molecule has 0 saturated carbocycles. The fraction of sp³-hybridized carbons (Fsp3) is 0.308. The summed E-state index contributed by atoms with van der Waals surface area (Å²) >= 11 is 6.17. The van der Waals surface area contributed by atoms with Gasteiger partial charge in [-0.3, -0.25) is 4.79 Å². The van der Waals surface area contributed by atoms with Crippen LogP contribution in [0.25, 0.3) is 10.9 Å². The van der Waals surface area contributed by atoms with Crippen molar-refractivity contribution in [1.29, 1.82) is 0 Å². The number of Topliss-reactive ketones (excluding diaryl/α,β-unsaturated/α-hetero) is 1. The van der Waals surface area contributed by atoms with Crippen LogP contribution in [0.15, 0.2) is 24.4 Å². The van der Waals surface area contributed by atoms with E-state index in [1.165, 1.54) is 0 Å². The van der Waals surface area contributed by atoms with Gasteiger partial charge in [-0.2, -0.15) is 0 Å². The first kappa shape index (κ1) is 10.8. The highest BCUT2D eigenvalue weighted by molar-refractivity contribution is 6.35. The molecular formula is C13H13ClN2O. The fourth-order valence-electron chi connectivity index (χ4n) is 2.36. The predicted molar refractivity (Wildman–Crippen MR) is 68.7 cm³/mol. The Hall–Kier alpha value is -1.32. The van der Waals surface area contributed by atoms with Crippen LogP contribution >= 0.6 is 11.6 Å². The minimum Gasteiger partial charge on any atom is -0.361 e. The van der Waals surface area contributed by atoms with Crippen LogP contribution in [0.3, 0.4) is 0 Å². The smallest absolute Gasteiger partial charge is 0.181 e. The molecule has 0 bridgehead atoms. The summed E-state index contributed by atoms with van der Waals surface area (Å²) in [5, 5.41) is 4.78. The SMILES string of the molecule is O=C(c1cc2[nH]ccc2cc1Cl)C1CCCN1. The number of halogens is 1. The largest absolute Gasteiger partial charge is 0.361 e. The average Bonchev–Trinajstić information content (AvgIpc) is 2.97. The van der Waals surface area contributed by atoms with Gasteiger partial charge in [-0.1, -0.05) is 11.6 Å². The first-order valence-electron chi connectivity index (χ1n) is 5.80. The minimum atomic E-state index is -0.0695. The molecule has 3 rings (SSSR count). The number of aromatic amines is 1. The number of rotatable bonds is 2. The van der Waals surface area contributed by atoms with Gasteiger partial charge in [0.05, 0.1) is 11.1 Å². The van der Waals surface area contributed by atoms with Gasteiger partial charge in [0.1, 0.15) is 0 Å². The average molecular weight is 249 g/mol.